The Hall–Kier alpha value is -3.98. The van der Waals surface area contributed by atoms with Gasteiger partial charge in [-0.25, -0.2) is 4.98 Å². The van der Waals surface area contributed by atoms with Crippen LogP contribution in [0.5, 0.6) is 23.0 Å². The molecule has 2 N–H and O–H groups in total. The molecule has 0 fully saturated rings. The number of nitrogens with one attached hydrogen (secondary N) is 2. The lowest BCUT2D eigenvalue weighted by molar-refractivity contribution is 0.101. The van der Waals surface area contributed by atoms with E-state index < -0.39 is 0 Å². The third kappa shape index (κ3) is 6.05. The summed E-state index contributed by atoms with van der Waals surface area (Å²) in [5.74, 6) is 1.43. The van der Waals surface area contributed by atoms with Gasteiger partial charge >= 0.3 is 0 Å². The van der Waals surface area contributed by atoms with Crippen LogP contribution in [0, 0.1) is 0 Å². The highest BCUT2D eigenvalue weighted by Gasteiger charge is 2.17. The van der Waals surface area contributed by atoms with Crippen molar-refractivity contribution in [3.8, 4) is 23.0 Å². The highest BCUT2D eigenvalue weighted by Crippen LogP contribution is 2.38. The van der Waals surface area contributed by atoms with Crippen molar-refractivity contribution in [3.05, 3.63) is 65.9 Å². The minimum Gasteiger partial charge on any atom is -0.497 e. The maximum Gasteiger partial charge on any atom is 0.256 e. The first kappa shape index (κ1) is 25.3. The molecule has 2 aromatic carbocycles. The number of carbonyl (C=O) groups excluding carboxylic acids is 2. The van der Waals surface area contributed by atoms with Crippen molar-refractivity contribution in [3.63, 3.8) is 0 Å². The number of ether oxygens (including phenoxy) is 4. The number of methoxy groups -OCH3 is 4. The van der Waals surface area contributed by atoms with Crippen LogP contribution < -0.4 is 29.6 Å². The Balaban J connectivity index is 0.00000385. The topological polar surface area (TPSA) is 108 Å². The molecule has 0 aliphatic carbocycles. The molecule has 0 bridgehead atoms. The van der Waals surface area contributed by atoms with Gasteiger partial charge in [-0.3, -0.25) is 9.59 Å². The van der Waals surface area contributed by atoms with E-state index in [1.165, 1.54) is 27.5 Å². The largest absolute Gasteiger partial charge is 0.497 e. The molecule has 0 aliphatic heterocycles. The fourth-order valence-electron chi connectivity index (χ4n) is 2.89. The molecule has 0 radical (unpaired) electrons. The first-order chi connectivity index (χ1) is 15.5. The lowest BCUT2D eigenvalue weighted by Crippen LogP contribution is -2.14. The number of hydrogen-bond acceptors (Lipinski definition) is 7. The summed E-state index contributed by atoms with van der Waals surface area (Å²) in [5.41, 5.74) is 1.23. The first-order valence-electron chi connectivity index (χ1n) is 9.51. The first-order valence-corrected chi connectivity index (χ1v) is 9.51. The SMILES string of the molecule is COc1ccc(C(=O)Nc2ccc(NC(=O)c3cc(OC)c(OC)c(OC)c3)cn2)cc1.Cl. The summed E-state index contributed by atoms with van der Waals surface area (Å²) < 4.78 is 20.9. The molecule has 0 spiro atoms. The van der Waals surface area contributed by atoms with E-state index >= 15 is 0 Å². The van der Waals surface area contributed by atoms with E-state index in [1.807, 2.05) is 0 Å². The van der Waals surface area contributed by atoms with E-state index in [1.54, 1.807) is 55.6 Å². The van der Waals surface area contributed by atoms with E-state index in [9.17, 15) is 9.59 Å². The average molecular weight is 474 g/mol. The predicted octanol–water partition coefficient (Wildman–Crippen LogP) is 4.04. The van der Waals surface area contributed by atoms with Gasteiger partial charge in [0.25, 0.3) is 11.8 Å². The smallest absolute Gasteiger partial charge is 0.256 e. The zero-order chi connectivity index (χ0) is 23.1. The summed E-state index contributed by atoms with van der Waals surface area (Å²) in [6, 6.07) is 13.0. The summed E-state index contributed by atoms with van der Waals surface area (Å²) in [6.07, 6.45) is 1.44. The Bertz CT molecular complexity index is 1080. The lowest BCUT2D eigenvalue weighted by Gasteiger charge is -2.14. The Labute approximate surface area is 197 Å². The molecule has 1 heterocycles. The quantitative estimate of drug-likeness (QED) is 0.508. The van der Waals surface area contributed by atoms with Crippen LogP contribution >= 0.6 is 12.4 Å². The second-order valence-corrected chi connectivity index (χ2v) is 6.48. The van der Waals surface area contributed by atoms with Crippen molar-refractivity contribution in [1.29, 1.82) is 0 Å². The van der Waals surface area contributed by atoms with Gasteiger partial charge in [-0.1, -0.05) is 0 Å². The number of benzene rings is 2. The van der Waals surface area contributed by atoms with Crippen molar-refractivity contribution in [2.45, 2.75) is 0 Å². The van der Waals surface area contributed by atoms with Crippen LogP contribution in [0.15, 0.2) is 54.7 Å². The minimum atomic E-state index is -0.388. The number of aromatic nitrogens is 1. The Kier molecular flexibility index (Phi) is 8.88. The molecule has 33 heavy (non-hydrogen) atoms. The second kappa shape index (κ2) is 11.6. The van der Waals surface area contributed by atoms with Gasteiger partial charge < -0.3 is 29.6 Å². The number of anilines is 2. The van der Waals surface area contributed by atoms with Crippen molar-refractivity contribution in [2.24, 2.45) is 0 Å². The van der Waals surface area contributed by atoms with Gasteiger partial charge in [0.1, 0.15) is 11.6 Å². The summed E-state index contributed by atoms with van der Waals surface area (Å²) in [6.45, 7) is 0. The molecule has 10 heteroatoms. The number of carbonyl (C=O) groups is 2. The van der Waals surface area contributed by atoms with Gasteiger partial charge in [0.15, 0.2) is 11.5 Å². The van der Waals surface area contributed by atoms with E-state index in [4.69, 9.17) is 18.9 Å². The number of pyridine rings is 1. The molecule has 0 atom stereocenters. The number of amides is 2. The number of halogens is 1. The fourth-order valence-corrected chi connectivity index (χ4v) is 2.89. The van der Waals surface area contributed by atoms with Gasteiger partial charge in [0, 0.05) is 11.1 Å². The van der Waals surface area contributed by atoms with Crippen LogP contribution in [0.2, 0.25) is 0 Å². The number of hydrogen-bond donors (Lipinski definition) is 2. The molecule has 174 valence electrons. The van der Waals surface area contributed by atoms with Gasteiger partial charge in [-0.05, 0) is 48.5 Å². The zero-order valence-electron chi connectivity index (χ0n) is 18.5. The van der Waals surface area contributed by atoms with Crippen LogP contribution in [0.25, 0.3) is 0 Å². The maximum atomic E-state index is 12.7. The molecular formula is C23H24ClN3O6. The summed E-state index contributed by atoms with van der Waals surface area (Å²) in [7, 11) is 5.99. The van der Waals surface area contributed by atoms with Gasteiger partial charge in [-0.15, -0.1) is 12.4 Å². The highest BCUT2D eigenvalue weighted by atomic mass is 35.5. The molecule has 3 aromatic rings. The van der Waals surface area contributed by atoms with Gasteiger partial charge in [-0.2, -0.15) is 0 Å². The maximum absolute atomic E-state index is 12.7. The molecular weight excluding hydrogens is 450 g/mol. The normalized spacial score (nSPS) is 9.82. The van der Waals surface area contributed by atoms with Crippen molar-refractivity contribution < 1.29 is 28.5 Å². The molecule has 0 aliphatic rings. The van der Waals surface area contributed by atoms with Crippen LogP contribution in [-0.2, 0) is 0 Å². The molecule has 9 nitrogen and oxygen atoms in total. The Morgan fingerprint density at radius 2 is 1.33 bits per heavy atom. The summed E-state index contributed by atoms with van der Waals surface area (Å²) >= 11 is 0. The van der Waals surface area contributed by atoms with E-state index in [2.05, 4.69) is 15.6 Å². The zero-order valence-corrected chi connectivity index (χ0v) is 19.3. The third-order valence-electron chi connectivity index (χ3n) is 4.54. The monoisotopic (exact) mass is 473 g/mol. The molecule has 0 saturated heterocycles. The van der Waals surface area contributed by atoms with Crippen LogP contribution in [0.3, 0.4) is 0 Å². The Morgan fingerprint density at radius 3 is 1.82 bits per heavy atom. The molecule has 0 saturated carbocycles. The standard InChI is InChI=1S/C23H23N3O6.ClH/c1-29-17-8-5-14(6-9-17)22(27)26-20-10-7-16(13-24-20)25-23(28)15-11-18(30-2)21(32-4)19(12-15)31-3;/h5-13H,1-4H3,(H,25,28)(H,24,26,27);1H. The number of nitrogens with zero attached hydrogens (tertiary/aromatic N) is 1. The highest BCUT2D eigenvalue weighted by molar-refractivity contribution is 6.05. The molecule has 2 amide bonds. The fraction of sp³-hybridized carbons (Fsp3) is 0.174. The van der Waals surface area contributed by atoms with Crippen LogP contribution in [-0.4, -0.2) is 45.2 Å². The lowest BCUT2D eigenvalue weighted by atomic mass is 10.1. The molecule has 1 aromatic heterocycles. The van der Waals surface area contributed by atoms with Crippen LogP contribution in [0.4, 0.5) is 11.5 Å². The Morgan fingerprint density at radius 1 is 0.727 bits per heavy atom. The van der Waals surface area contributed by atoms with Gasteiger partial charge in [0.05, 0.1) is 40.3 Å². The van der Waals surface area contributed by atoms with E-state index in [0.717, 1.165) is 0 Å². The van der Waals surface area contributed by atoms with Gasteiger partial charge in [0.2, 0.25) is 5.75 Å². The summed E-state index contributed by atoms with van der Waals surface area (Å²) in [5, 5.41) is 5.44. The van der Waals surface area contributed by atoms with E-state index in [0.29, 0.717) is 45.6 Å². The predicted molar refractivity (Wildman–Crippen MR) is 126 cm³/mol. The van der Waals surface area contributed by atoms with Crippen molar-refractivity contribution in [1.82, 2.24) is 4.98 Å². The summed E-state index contributed by atoms with van der Waals surface area (Å²) in [4.78, 5) is 29.2. The second-order valence-electron chi connectivity index (χ2n) is 6.48. The van der Waals surface area contributed by atoms with Crippen LogP contribution in [0.1, 0.15) is 20.7 Å². The van der Waals surface area contributed by atoms with Crippen molar-refractivity contribution >= 4 is 35.7 Å². The van der Waals surface area contributed by atoms with E-state index in [-0.39, 0.29) is 24.2 Å². The third-order valence-corrected chi connectivity index (χ3v) is 4.54. The van der Waals surface area contributed by atoms with Crippen molar-refractivity contribution in [2.75, 3.05) is 39.1 Å². The minimum absolute atomic E-state index is 0. The molecule has 0 unspecified atom stereocenters. The molecule has 3 rings (SSSR count). The number of rotatable bonds is 8. The average Bonchev–Trinajstić information content (AvgIpc) is 2.84.